The SMILES string of the molecule is CC/C=C\C/C=C\C/C=C\C/C=C\CCCCCCCCCCCCC(=O)OC(COC(=O)CCCCCCCCCCCCCCCCCCCCCCCCCCCCCCC/C=C\C/C=C\CCCCCCC)COP(=O)(O)OCCN. The maximum Gasteiger partial charge on any atom is 0.472 e. The number of phosphoric ester groups is 1. The van der Waals surface area contributed by atoms with Gasteiger partial charge in [-0.05, 0) is 83.5 Å². The zero-order chi connectivity index (χ0) is 61.6. The Morgan fingerprint density at radius 2 is 0.647 bits per heavy atom. The molecule has 2 atom stereocenters. The number of allylic oxidation sites excluding steroid dienone is 12. The molecule has 496 valence electrons. The summed E-state index contributed by atoms with van der Waals surface area (Å²) in [5.74, 6) is -0.819. The van der Waals surface area contributed by atoms with Gasteiger partial charge in [-0.15, -0.1) is 0 Å². The van der Waals surface area contributed by atoms with E-state index in [0.717, 1.165) is 77.0 Å². The Hall–Kier alpha value is -2.55. The maximum atomic E-state index is 12.7. The van der Waals surface area contributed by atoms with Crippen LogP contribution in [0.4, 0.5) is 0 Å². The van der Waals surface area contributed by atoms with Crippen molar-refractivity contribution in [3.8, 4) is 0 Å². The quantitative estimate of drug-likeness (QED) is 0.0264. The zero-order valence-electron chi connectivity index (χ0n) is 55.8. The molecule has 10 heteroatoms. The van der Waals surface area contributed by atoms with E-state index in [4.69, 9.17) is 24.3 Å². The first-order valence-electron chi connectivity index (χ1n) is 36.4. The molecule has 0 aromatic heterocycles. The van der Waals surface area contributed by atoms with E-state index < -0.39 is 26.5 Å². The smallest absolute Gasteiger partial charge is 0.462 e. The lowest BCUT2D eigenvalue weighted by atomic mass is 10.0. The van der Waals surface area contributed by atoms with Crippen LogP contribution in [0.1, 0.15) is 361 Å². The van der Waals surface area contributed by atoms with Crippen molar-refractivity contribution in [3.63, 3.8) is 0 Å². The molecule has 0 aromatic carbocycles. The van der Waals surface area contributed by atoms with Gasteiger partial charge >= 0.3 is 19.8 Å². The Balaban J connectivity index is 3.75. The lowest BCUT2D eigenvalue weighted by molar-refractivity contribution is -0.161. The number of carbonyl (C=O) groups excluding carboxylic acids is 2. The van der Waals surface area contributed by atoms with Crippen molar-refractivity contribution >= 4 is 19.8 Å². The van der Waals surface area contributed by atoms with Gasteiger partial charge in [0.15, 0.2) is 6.10 Å². The second-order valence-corrected chi connectivity index (χ2v) is 25.9. The standard InChI is InChI=1S/C75H138NO8P/c1-3-5-7-9-11-13-15-17-19-21-23-25-27-28-29-30-31-32-33-34-35-36-37-38-39-40-41-42-43-44-46-47-49-51-53-55-57-59-61-63-65-67-74(77)81-71-73(72-83-85(79,80)82-70-69-76)84-75(78)68-66-64-62-60-58-56-54-52-50-48-45-26-24-22-20-18-16-14-12-10-8-6-4-2/h6,8,12,14-15,17-18,20-21,23-24,26,73H,3-5,7,9-11,13,16,19,22,25,27-72,76H2,1-2H3,(H,79,80)/b8-6-,14-12-,17-15-,20-18-,23-21-,26-24-. The third-order valence-corrected chi connectivity index (χ3v) is 17.1. The van der Waals surface area contributed by atoms with E-state index in [1.54, 1.807) is 0 Å². The fraction of sp³-hybridized carbons (Fsp3) is 0.813. The van der Waals surface area contributed by atoms with Crippen LogP contribution >= 0.6 is 7.82 Å². The third-order valence-electron chi connectivity index (χ3n) is 16.1. The minimum atomic E-state index is -4.40. The minimum absolute atomic E-state index is 0.0521. The molecule has 9 nitrogen and oxygen atoms in total. The highest BCUT2D eigenvalue weighted by Crippen LogP contribution is 2.43. The molecular weight excluding hydrogens is 1070 g/mol. The van der Waals surface area contributed by atoms with Crippen LogP contribution in [0.3, 0.4) is 0 Å². The van der Waals surface area contributed by atoms with Crippen LogP contribution in [0.15, 0.2) is 72.9 Å². The number of esters is 2. The van der Waals surface area contributed by atoms with Gasteiger partial charge in [-0.2, -0.15) is 0 Å². The van der Waals surface area contributed by atoms with Crippen molar-refractivity contribution < 1.29 is 37.6 Å². The highest BCUT2D eigenvalue weighted by Gasteiger charge is 2.26. The van der Waals surface area contributed by atoms with E-state index in [9.17, 15) is 19.0 Å². The van der Waals surface area contributed by atoms with Gasteiger partial charge in [0.2, 0.25) is 0 Å². The lowest BCUT2D eigenvalue weighted by Crippen LogP contribution is -2.29. The summed E-state index contributed by atoms with van der Waals surface area (Å²) in [5.41, 5.74) is 5.40. The van der Waals surface area contributed by atoms with E-state index in [-0.39, 0.29) is 38.6 Å². The molecule has 0 heterocycles. The molecule has 0 aliphatic carbocycles. The van der Waals surface area contributed by atoms with E-state index in [2.05, 4.69) is 86.8 Å². The van der Waals surface area contributed by atoms with Crippen LogP contribution < -0.4 is 5.73 Å². The van der Waals surface area contributed by atoms with Crippen LogP contribution in [0.5, 0.6) is 0 Å². The van der Waals surface area contributed by atoms with Gasteiger partial charge in [-0.3, -0.25) is 18.6 Å². The summed E-state index contributed by atoms with van der Waals surface area (Å²) in [4.78, 5) is 35.3. The first kappa shape index (κ1) is 82.5. The normalized spacial score (nSPS) is 13.3. The molecule has 0 saturated heterocycles. The molecule has 0 rings (SSSR count). The number of nitrogens with two attached hydrogens (primary N) is 1. The number of carbonyl (C=O) groups is 2. The van der Waals surface area contributed by atoms with Gasteiger partial charge in [-0.1, -0.05) is 337 Å². The second kappa shape index (κ2) is 70.5. The molecule has 0 aromatic rings. The third kappa shape index (κ3) is 70.4. The molecule has 0 saturated carbocycles. The summed E-state index contributed by atoms with van der Waals surface area (Å²) >= 11 is 0. The number of rotatable bonds is 69. The van der Waals surface area contributed by atoms with Crippen molar-refractivity contribution in [2.24, 2.45) is 5.73 Å². The molecule has 3 N–H and O–H groups in total. The number of hydrogen-bond acceptors (Lipinski definition) is 8. The Bertz CT molecular complexity index is 1620. The van der Waals surface area contributed by atoms with E-state index in [0.29, 0.717) is 6.42 Å². The molecule has 0 aliphatic heterocycles. The number of ether oxygens (including phenoxy) is 2. The Kier molecular flexibility index (Phi) is 68.4. The molecule has 0 fully saturated rings. The summed E-state index contributed by atoms with van der Waals surface area (Å²) in [7, 11) is -4.40. The summed E-state index contributed by atoms with van der Waals surface area (Å²) in [6, 6.07) is 0. The largest absolute Gasteiger partial charge is 0.472 e. The van der Waals surface area contributed by atoms with Crippen LogP contribution in [-0.4, -0.2) is 49.3 Å². The second-order valence-electron chi connectivity index (χ2n) is 24.4. The van der Waals surface area contributed by atoms with Crippen molar-refractivity contribution in [2.75, 3.05) is 26.4 Å². The molecule has 2 unspecified atom stereocenters. The van der Waals surface area contributed by atoms with Crippen LogP contribution in [0.25, 0.3) is 0 Å². The van der Waals surface area contributed by atoms with Crippen molar-refractivity contribution in [1.82, 2.24) is 0 Å². The van der Waals surface area contributed by atoms with E-state index in [1.807, 2.05) is 0 Å². The van der Waals surface area contributed by atoms with Gasteiger partial charge in [0, 0.05) is 19.4 Å². The minimum Gasteiger partial charge on any atom is -0.462 e. The van der Waals surface area contributed by atoms with Gasteiger partial charge in [-0.25, -0.2) is 4.57 Å². The fourth-order valence-corrected chi connectivity index (χ4v) is 11.5. The molecule has 0 spiro atoms. The van der Waals surface area contributed by atoms with Gasteiger partial charge in [0.25, 0.3) is 0 Å². The predicted octanol–water partition coefficient (Wildman–Crippen LogP) is 24.0. The maximum absolute atomic E-state index is 12.7. The van der Waals surface area contributed by atoms with Crippen molar-refractivity contribution in [2.45, 2.75) is 367 Å². The predicted molar refractivity (Wildman–Crippen MR) is 367 cm³/mol. The summed E-state index contributed by atoms with van der Waals surface area (Å²) < 4.78 is 33.2. The van der Waals surface area contributed by atoms with Crippen LogP contribution in [0.2, 0.25) is 0 Å². The first-order valence-corrected chi connectivity index (χ1v) is 37.9. The Morgan fingerprint density at radius 3 is 0.965 bits per heavy atom. The van der Waals surface area contributed by atoms with Gasteiger partial charge in [0.05, 0.1) is 13.2 Å². The highest BCUT2D eigenvalue weighted by molar-refractivity contribution is 7.47. The van der Waals surface area contributed by atoms with Crippen molar-refractivity contribution in [1.29, 1.82) is 0 Å². The molecule has 0 radical (unpaired) electrons. The van der Waals surface area contributed by atoms with Gasteiger partial charge < -0.3 is 20.1 Å². The van der Waals surface area contributed by atoms with E-state index in [1.165, 1.54) is 250 Å². The Morgan fingerprint density at radius 1 is 0.365 bits per heavy atom. The molecule has 0 bridgehead atoms. The van der Waals surface area contributed by atoms with Crippen molar-refractivity contribution in [3.05, 3.63) is 72.9 Å². The van der Waals surface area contributed by atoms with Crippen LogP contribution in [-0.2, 0) is 32.7 Å². The monoisotopic (exact) mass is 1210 g/mol. The van der Waals surface area contributed by atoms with Crippen LogP contribution in [0, 0.1) is 0 Å². The topological polar surface area (TPSA) is 134 Å². The molecule has 0 amide bonds. The summed E-state index contributed by atoms with van der Waals surface area (Å²) in [5, 5.41) is 0. The summed E-state index contributed by atoms with van der Waals surface area (Å²) in [6.45, 7) is 3.66. The number of unbranched alkanes of at least 4 members (excludes halogenated alkanes) is 44. The average Bonchev–Trinajstić information content (AvgIpc) is 3.52. The molecule has 85 heavy (non-hydrogen) atoms. The average molecular weight is 1210 g/mol. The first-order chi connectivity index (χ1) is 41.8. The highest BCUT2D eigenvalue weighted by atomic mass is 31.2. The number of phosphoric acid groups is 1. The number of hydrogen-bond donors (Lipinski definition) is 2. The summed E-state index contributed by atoms with van der Waals surface area (Å²) in [6.07, 6.45) is 93.1. The molecular formula is C75H138NO8P. The Labute approximate surface area is 526 Å². The fourth-order valence-electron chi connectivity index (χ4n) is 10.7. The zero-order valence-corrected chi connectivity index (χ0v) is 56.7. The van der Waals surface area contributed by atoms with Gasteiger partial charge in [0.1, 0.15) is 6.61 Å². The lowest BCUT2D eigenvalue weighted by Gasteiger charge is -2.19. The van der Waals surface area contributed by atoms with E-state index >= 15 is 0 Å². The molecule has 0 aliphatic rings.